The molecule has 1 fully saturated rings. The minimum absolute atomic E-state index is 0.0289. The molecule has 1 saturated heterocycles. The third-order valence-corrected chi connectivity index (χ3v) is 10.5. The smallest absolute Gasteiger partial charge is 0.293 e. The molecule has 0 aromatic rings. The van der Waals surface area contributed by atoms with Gasteiger partial charge in [0.15, 0.2) is 11.8 Å². The fourth-order valence-electron chi connectivity index (χ4n) is 7.36. The molecule has 1 rings (SSSR count). The molecular weight excluding hydrogens is 644 g/mol. The Bertz CT molecular complexity index is 1060. The average Bonchev–Trinajstić information content (AvgIpc) is 3.07. The number of oxime groups is 1. The second-order valence-corrected chi connectivity index (χ2v) is 15.3. The van der Waals surface area contributed by atoms with Crippen molar-refractivity contribution in [3.8, 4) is 0 Å². The number of likely N-dealkylation sites (N-methyl/N-ethyl adjacent to an activating group) is 1. The summed E-state index contributed by atoms with van der Waals surface area (Å²) < 4.78 is 24.7. The molecule has 292 valence electrons. The van der Waals surface area contributed by atoms with Crippen molar-refractivity contribution in [1.82, 2.24) is 9.80 Å². The number of aliphatic hydroxyl groups excluding tert-OH is 1. The lowest BCUT2D eigenvalue weighted by Crippen LogP contribution is -2.55. The van der Waals surface area contributed by atoms with Crippen LogP contribution in [0.5, 0.6) is 0 Å². The van der Waals surface area contributed by atoms with Gasteiger partial charge in [-0.3, -0.25) is 9.59 Å². The van der Waals surface area contributed by atoms with E-state index in [1.807, 2.05) is 53.6 Å². The topological polar surface area (TPSA) is 149 Å². The Kier molecular flexibility index (Phi) is 19.8. The van der Waals surface area contributed by atoms with E-state index in [0.29, 0.717) is 31.7 Å². The molecule has 13 nitrogen and oxygen atoms in total. The van der Waals surface area contributed by atoms with Crippen LogP contribution in [-0.2, 0) is 33.4 Å². The molecule has 1 aliphatic heterocycles. The number of ketones is 1. The van der Waals surface area contributed by atoms with E-state index in [0.717, 1.165) is 19.4 Å². The number of carbonyl (C=O) groups excluding carboxylic acids is 2. The maximum atomic E-state index is 13.6. The minimum atomic E-state index is -1.66. The first-order valence-corrected chi connectivity index (χ1v) is 18.4. The molecule has 1 aliphatic rings. The van der Waals surface area contributed by atoms with Gasteiger partial charge in [0.1, 0.15) is 18.5 Å². The first-order valence-electron chi connectivity index (χ1n) is 18.4. The Morgan fingerprint density at radius 2 is 1.70 bits per heavy atom. The van der Waals surface area contributed by atoms with E-state index in [9.17, 15) is 19.6 Å². The summed E-state index contributed by atoms with van der Waals surface area (Å²) in [6.07, 6.45) is -0.424. The highest BCUT2D eigenvalue weighted by molar-refractivity contribution is 5.89. The lowest BCUT2D eigenvalue weighted by Gasteiger charge is -2.45. The van der Waals surface area contributed by atoms with Crippen molar-refractivity contribution < 1.29 is 38.5 Å². The predicted molar refractivity (Wildman–Crippen MR) is 196 cm³/mol. The van der Waals surface area contributed by atoms with Crippen LogP contribution in [0.4, 0.5) is 0 Å². The van der Waals surface area contributed by atoms with Crippen LogP contribution < -0.4 is 0 Å². The quantitative estimate of drug-likeness (QED) is 0.0431. The van der Waals surface area contributed by atoms with Crippen molar-refractivity contribution in [1.29, 1.82) is 0 Å². The third kappa shape index (κ3) is 12.6. The summed E-state index contributed by atoms with van der Waals surface area (Å²) in [5, 5.41) is 19.5. The highest BCUT2D eigenvalue weighted by Crippen LogP contribution is 2.38. The maximum Gasteiger partial charge on any atom is 0.293 e. The van der Waals surface area contributed by atoms with Gasteiger partial charge in [0.2, 0.25) is 0 Å². The molecule has 4 unspecified atom stereocenters. The zero-order valence-corrected chi connectivity index (χ0v) is 33.5. The molecule has 0 amide bonds. The monoisotopic (exact) mass is 715 g/mol. The number of ether oxygens (including phenoxy) is 4. The van der Waals surface area contributed by atoms with Gasteiger partial charge in [0.05, 0.1) is 29.6 Å². The number of aliphatic hydroxyl groups is 1. The van der Waals surface area contributed by atoms with E-state index >= 15 is 0 Å². The molecule has 0 aliphatic carbocycles. The number of carbonyl (C=O) groups is 2. The van der Waals surface area contributed by atoms with Gasteiger partial charge in [-0.2, -0.15) is 0 Å². The largest absolute Gasteiger partial charge is 0.462 e. The zero-order valence-electron chi connectivity index (χ0n) is 33.5. The molecule has 11 atom stereocenters. The van der Waals surface area contributed by atoms with Crippen LogP contribution >= 0.6 is 0 Å². The van der Waals surface area contributed by atoms with Crippen molar-refractivity contribution in [3.63, 3.8) is 0 Å². The molecule has 0 spiro atoms. The van der Waals surface area contributed by atoms with Crippen molar-refractivity contribution in [2.24, 2.45) is 34.0 Å². The SMILES string of the molecule is CCCN(C)C1CC(C)O[C@@H](O[C@H]([C@@H](C)C(=O)C(C)C)[C@@](C)(C[C@@H](C)/C(=N\OCCN(C)C)C(C)C(O)[C@](C)(N=O)[C@@H](CC)OC=O)OC)C1. The summed E-state index contributed by atoms with van der Waals surface area (Å²) in [6.45, 7) is 20.8. The Morgan fingerprint density at radius 1 is 1.06 bits per heavy atom. The van der Waals surface area contributed by atoms with Crippen molar-refractivity contribution in [2.75, 3.05) is 47.9 Å². The van der Waals surface area contributed by atoms with E-state index in [1.165, 1.54) is 6.92 Å². The van der Waals surface area contributed by atoms with Gasteiger partial charge in [-0.05, 0) is 74.1 Å². The second-order valence-electron chi connectivity index (χ2n) is 15.3. The summed E-state index contributed by atoms with van der Waals surface area (Å²) in [5.74, 6) is -1.85. The lowest BCUT2D eigenvalue weighted by molar-refractivity contribution is -0.262. The Balaban J connectivity index is 3.62. The van der Waals surface area contributed by atoms with Crippen molar-refractivity contribution in [3.05, 3.63) is 4.91 Å². The van der Waals surface area contributed by atoms with Crippen LogP contribution in [0.15, 0.2) is 10.3 Å². The number of Topliss-reactive ketones (excluding diaryl/α,β-unsaturated/α-hetero) is 1. The second kappa shape index (κ2) is 21.5. The number of hydrogen-bond donors (Lipinski definition) is 1. The first kappa shape index (κ1) is 46.0. The summed E-state index contributed by atoms with van der Waals surface area (Å²) in [4.78, 5) is 47.3. The molecule has 0 radical (unpaired) electrons. The van der Waals surface area contributed by atoms with Crippen LogP contribution in [0, 0.1) is 28.6 Å². The molecule has 0 bridgehead atoms. The van der Waals surface area contributed by atoms with Gasteiger partial charge in [-0.1, -0.05) is 58.8 Å². The molecule has 0 aromatic carbocycles. The van der Waals surface area contributed by atoms with Crippen LogP contribution in [0.1, 0.15) is 101 Å². The summed E-state index contributed by atoms with van der Waals surface area (Å²) in [7, 11) is 7.58. The van der Waals surface area contributed by atoms with E-state index in [1.54, 1.807) is 21.0 Å². The van der Waals surface area contributed by atoms with Crippen LogP contribution in [0.2, 0.25) is 0 Å². The lowest BCUT2D eigenvalue weighted by atomic mass is 9.73. The van der Waals surface area contributed by atoms with Gasteiger partial charge in [0, 0.05) is 49.8 Å². The van der Waals surface area contributed by atoms with Gasteiger partial charge < -0.3 is 38.7 Å². The number of nitrogens with zero attached hydrogens (tertiary/aromatic N) is 4. The summed E-state index contributed by atoms with van der Waals surface area (Å²) >= 11 is 0. The zero-order chi connectivity index (χ0) is 38.4. The number of rotatable bonds is 25. The van der Waals surface area contributed by atoms with Crippen LogP contribution in [0.25, 0.3) is 0 Å². The normalized spacial score (nSPS) is 24.8. The highest BCUT2D eigenvalue weighted by atomic mass is 16.7. The highest BCUT2D eigenvalue weighted by Gasteiger charge is 2.50. The van der Waals surface area contributed by atoms with Crippen LogP contribution in [-0.4, -0.2) is 129 Å². The summed E-state index contributed by atoms with van der Waals surface area (Å²) in [5.41, 5.74) is -2.21. The van der Waals surface area contributed by atoms with E-state index < -0.39 is 53.5 Å². The number of nitroso groups, excluding NO2 is 1. The molecule has 1 heterocycles. The van der Waals surface area contributed by atoms with Crippen LogP contribution in [0.3, 0.4) is 0 Å². The molecule has 0 aromatic heterocycles. The minimum Gasteiger partial charge on any atom is -0.462 e. The van der Waals surface area contributed by atoms with Gasteiger partial charge in [-0.15, -0.1) is 4.91 Å². The fourth-order valence-corrected chi connectivity index (χ4v) is 7.36. The molecule has 13 heteroatoms. The molecule has 1 N–H and O–H groups in total. The average molecular weight is 715 g/mol. The number of hydrogen-bond acceptors (Lipinski definition) is 13. The predicted octanol–water partition coefficient (Wildman–Crippen LogP) is 5.31. The summed E-state index contributed by atoms with van der Waals surface area (Å²) in [6, 6.07) is 0.268. The van der Waals surface area contributed by atoms with Gasteiger partial charge in [0.25, 0.3) is 6.47 Å². The first-order chi connectivity index (χ1) is 23.4. The molecule has 0 saturated carbocycles. The Hall–Kier alpha value is -2.03. The fraction of sp³-hybridized carbons (Fsp3) is 0.919. The van der Waals surface area contributed by atoms with E-state index in [-0.39, 0.29) is 36.7 Å². The van der Waals surface area contributed by atoms with Gasteiger partial charge >= 0.3 is 0 Å². The third-order valence-electron chi connectivity index (χ3n) is 10.5. The van der Waals surface area contributed by atoms with E-state index in [4.69, 9.17) is 23.8 Å². The Morgan fingerprint density at radius 3 is 2.20 bits per heavy atom. The molecular formula is C37H70N4O9. The molecule has 50 heavy (non-hydrogen) atoms. The van der Waals surface area contributed by atoms with Crippen molar-refractivity contribution >= 4 is 18.0 Å². The standard InChI is InChI=1S/C37H70N4O9/c1-15-17-41(13)29-20-26(6)49-31(21-29)50-35(28(8)33(43)24(3)4)36(9,46-14)22-25(5)32(38-48-19-18-40(11)12)27(7)34(44)37(10,39-45)30(16-2)47-23-42/h23-31,34-35,44H,15-22H2,1-14H3/b38-32+/t25-,26?,27?,28+,29?,30-,31+,34?,35-,36-,37-/m1/s1. The Labute approximate surface area is 302 Å². The maximum absolute atomic E-state index is 13.6. The van der Waals surface area contributed by atoms with E-state index in [2.05, 4.69) is 36.1 Å². The van der Waals surface area contributed by atoms with Crippen molar-refractivity contribution in [2.45, 2.75) is 149 Å². The van der Waals surface area contributed by atoms with Gasteiger partial charge in [-0.25, -0.2) is 0 Å². The number of methoxy groups -OCH3 is 1.